The van der Waals surface area contributed by atoms with E-state index in [9.17, 15) is 4.79 Å². The zero-order valence-corrected chi connectivity index (χ0v) is 13.9. The fourth-order valence-electron chi connectivity index (χ4n) is 2.54. The van der Waals surface area contributed by atoms with Crippen molar-refractivity contribution in [3.05, 3.63) is 28.2 Å². The van der Waals surface area contributed by atoms with Gasteiger partial charge in [-0.2, -0.15) is 0 Å². The maximum Gasteiger partial charge on any atom is 0.273 e. The predicted molar refractivity (Wildman–Crippen MR) is 87.4 cm³/mol. The van der Waals surface area contributed by atoms with E-state index in [1.807, 2.05) is 6.07 Å². The molecule has 0 aliphatic carbocycles. The third-order valence-corrected chi connectivity index (χ3v) is 5.29. The predicted octanol–water partition coefficient (Wildman–Crippen LogP) is 3.18. The summed E-state index contributed by atoms with van der Waals surface area (Å²) in [5.41, 5.74) is 0.450. The molecule has 0 atom stereocenters. The molecule has 1 fully saturated rings. The lowest BCUT2D eigenvalue weighted by molar-refractivity contribution is 0.0913. The minimum atomic E-state index is -0.197. The smallest absolute Gasteiger partial charge is 0.273 e. The van der Waals surface area contributed by atoms with Crippen molar-refractivity contribution < 1.29 is 9.32 Å². The van der Waals surface area contributed by atoms with Crippen LogP contribution in [0.2, 0.25) is 4.34 Å². The van der Waals surface area contributed by atoms with E-state index in [2.05, 4.69) is 22.7 Å². The van der Waals surface area contributed by atoms with Crippen LogP contribution in [0.3, 0.4) is 0 Å². The monoisotopic (exact) mass is 339 g/mol. The molecular formula is C15H18ClN3O2S. The number of piperidine rings is 1. The molecule has 7 heteroatoms. The van der Waals surface area contributed by atoms with Crippen molar-refractivity contribution in [1.29, 1.82) is 0 Å². The Labute approximate surface area is 138 Å². The minimum absolute atomic E-state index is 0.148. The molecule has 2 N–H and O–H groups in total. The molecule has 0 radical (unpaired) electrons. The Morgan fingerprint density at radius 3 is 2.95 bits per heavy atom. The molecule has 118 valence electrons. The summed E-state index contributed by atoms with van der Waals surface area (Å²) in [5, 5.41) is 10.2. The van der Waals surface area contributed by atoms with Gasteiger partial charge in [0.2, 0.25) is 0 Å². The van der Waals surface area contributed by atoms with Gasteiger partial charge < -0.3 is 15.2 Å². The largest absolute Gasteiger partial charge is 0.355 e. The van der Waals surface area contributed by atoms with E-state index < -0.39 is 0 Å². The number of thiophene rings is 1. The molecule has 1 amide bonds. The van der Waals surface area contributed by atoms with Crippen LogP contribution >= 0.6 is 22.9 Å². The quantitative estimate of drug-likeness (QED) is 0.897. The molecule has 0 spiro atoms. The molecule has 0 unspecified atom stereocenters. The normalized spacial score (nSPS) is 17.4. The summed E-state index contributed by atoms with van der Waals surface area (Å²) < 4.78 is 5.91. The number of hydrogen-bond donors (Lipinski definition) is 2. The topological polar surface area (TPSA) is 67.2 Å². The van der Waals surface area contributed by atoms with Crippen LogP contribution in [0, 0.1) is 5.41 Å². The molecule has 0 bridgehead atoms. The Balaban J connectivity index is 1.62. The minimum Gasteiger partial charge on any atom is -0.355 e. The molecule has 0 aromatic carbocycles. The molecule has 3 rings (SSSR count). The molecule has 1 aliphatic heterocycles. The van der Waals surface area contributed by atoms with Gasteiger partial charge in [0.25, 0.3) is 5.91 Å². The number of carbonyl (C=O) groups is 1. The lowest BCUT2D eigenvalue weighted by Crippen LogP contribution is -2.42. The third kappa shape index (κ3) is 3.51. The Kier molecular flexibility index (Phi) is 4.52. The highest BCUT2D eigenvalue weighted by Crippen LogP contribution is 2.31. The molecule has 1 aliphatic rings. The van der Waals surface area contributed by atoms with Crippen LogP contribution in [-0.2, 0) is 0 Å². The highest BCUT2D eigenvalue weighted by molar-refractivity contribution is 7.19. The fourth-order valence-corrected chi connectivity index (χ4v) is 3.53. The Morgan fingerprint density at radius 2 is 2.27 bits per heavy atom. The second-order valence-corrected chi connectivity index (χ2v) is 7.64. The van der Waals surface area contributed by atoms with Crippen LogP contribution in [0.4, 0.5) is 0 Å². The third-order valence-electron chi connectivity index (χ3n) is 4.05. The van der Waals surface area contributed by atoms with Gasteiger partial charge in [0.1, 0.15) is 0 Å². The van der Waals surface area contributed by atoms with Crippen LogP contribution in [0.5, 0.6) is 0 Å². The zero-order chi connectivity index (χ0) is 15.6. The van der Waals surface area contributed by atoms with Gasteiger partial charge in [-0.05, 0) is 43.5 Å². The first kappa shape index (κ1) is 15.5. The van der Waals surface area contributed by atoms with E-state index in [4.69, 9.17) is 16.1 Å². The molecular weight excluding hydrogens is 322 g/mol. The van der Waals surface area contributed by atoms with Gasteiger partial charge in [0.15, 0.2) is 11.5 Å². The van der Waals surface area contributed by atoms with E-state index >= 15 is 0 Å². The maximum absolute atomic E-state index is 12.2. The number of amides is 1. The Morgan fingerprint density at radius 1 is 1.50 bits per heavy atom. The van der Waals surface area contributed by atoms with Crippen molar-refractivity contribution >= 4 is 28.8 Å². The average molecular weight is 340 g/mol. The van der Waals surface area contributed by atoms with Crippen molar-refractivity contribution in [2.75, 3.05) is 19.6 Å². The number of carbonyl (C=O) groups excluding carboxylic acids is 1. The molecule has 0 saturated carbocycles. The van der Waals surface area contributed by atoms with Crippen LogP contribution in [0.15, 0.2) is 22.7 Å². The van der Waals surface area contributed by atoms with E-state index in [0.29, 0.717) is 22.3 Å². The van der Waals surface area contributed by atoms with Gasteiger partial charge in [-0.15, -0.1) is 11.3 Å². The lowest BCUT2D eigenvalue weighted by atomic mass is 9.81. The van der Waals surface area contributed by atoms with Gasteiger partial charge in [-0.3, -0.25) is 4.79 Å². The van der Waals surface area contributed by atoms with Crippen LogP contribution in [0.1, 0.15) is 30.3 Å². The first-order valence-electron chi connectivity index (χ1n) is 7.27. The summed E-state index contributed by atoms with van der Waals surface area (Å²) in [6, 6.07) is 5.30. The summed E-state index contributed by atoms with van der Waals surface area (Å²) in [6.07, 6.45) is 2.12. The average Bonchev–Trinajstić information content (AvgIpc) is 3.14. The summed E-state index contributed by atoms with van der Waals surface area (Å²) >= 11 is 7.30. The van der Waals surface area contributed by atoms with Gasteiger partial charge in [0.05, 0.1) is 9.21 Å². The van der Waals surface area contributed by atoms with Gasteiger partial charge in [0, 0.05) is 12.6 Å². The highest BCUT2D eigenvalue weighted by atomic mass is 35.5. The van der Waals surface area contributed by atoms with Crippen molar-refractivity contribution in [1.82, 2.24) is 15.8 Å². The second kappa shape index (κ2) is 6.40. The number of rotatable bonds is 4. The van der Waals surface area contributed by atoms with Gasteiger partial charge >= 0.3 is 0 Å². The number of nitrogens with zero attached hydrogens (tertiary/aromatic N) is 1. The molecule has 2 aromatic rings. The number of nitrogens with one attached hydrogen (secondary N) is 2. The summed E-state index contributed by atoms with van der Waals surface area (Å²) in [6.45, 7) is 4.86. The van der Waals surface area contributed by atoms with E-state index in [-0.39, 0.29) is 11.3 Å². The van der Waals surface area contributed by atoms with E-state index in [1.165, 1.54) is 11.3 Å². The molecule has 1 saturated heterocycles. The molecule has 3 heterocycles. The summed E-state index contributed by atoms with van der Waals surface area (Å²) in [5.74, 6) is 0.368. The first-order valence-corrected chi connectivity index (χ1v) is 8.47. The Bertz CT molecular complexity index is 661. The summed E-state index contributed by atoms with van der Waals surface area (Å²) in [7, 11) is 0. The number of halogens is 1. The highest BCUT2D eigenvalue weighted by Gasteiger charge is 2.27. The van der Waals surface area contributed by atoms with Crippen molar-refractivity contribution in [3.8, 4) is 10.6 Å². The Hall–Kier alpha value is -1.37. The van der Waals surface area contributed by atoms with Crippen LogP contribution < -0.4 is 10.6 Å². The van der Waals surface area contributed by atoms with Gasteiger partial charge in [-0.25, -0.2) is 0 Å². The molecule has 2 aromatic heterocycles. The SMILES string of the molecule is CC1(CNC(=O)c2cc(-c3ccc(Cl)s3)on2)CCNCC1. The lowest BCUT2D eigenvalue weighted by Gasteiger charge is -2.33. The molecule has 22 heavy (non-hydrogen) atoms. The molecule has 5 nitrogen and oxygen atoms in total. The number of aromatic nitrogens is 1. The van der Waals surface area contributed by atoms with Crippen molar-refractivity contribution in [3.63, 3.8) is 0 Å². The second-order valence-electron chi connectivity index (χ2n) is 5.92. The van der Waals surface area contributed by atoms with Crippen LogP contribution in [0.25, 0.3) is 10.6 Å². The van der Waals surface area contributed by atoms with E-state index in [0.717, 1.165) is 30.8 Å². The first-order chi connectivity index (χ1) is 10.6. The van der Waals surface area contributed by atoms with Crippen molar-refractivity contribution in [2.45, 2.75) is 19.8 Å². The summed E-state index contributed by atoms with van der Waals surface area (Å²) in [4.78, 5) is 13.1. The van der Waals surface area contributed by atoms with E-state index in [1.54, 1.807) is 12.1 Å². The zero-order valence-electron chi connectivity index (χ0n) is 12.3. The van der Waals surface area contributed by atoms with Gasteiger partial charge in [-0.1, -0.05) is 23.7 Å². The fraction of sp³-hybridized carbons (Fsp3) is 0.467. The maximum atomic E-state index is 12.2. The van der Waals surface area contributed by atoms with Crippen molar-refractivity contribution in [2.24, 2.45) is 5.41 Å². The number of hydrogen-bond acceptors (Lipinski definition) is 5. The standard InChI is InChI=1S/C15H18ClN3O2S/c1-15(4-6-17-7-5-15)9-18-14(20)10-8-11(21-19-10)12-2-3-13(16)22-12/h2-3,8,17H,4-7,9H2,1H3,(H,18,20). The van der Waals surface area contributed by atoms with Crippen LogP contribution in [-0.4, -0.2) is 30.7 Å².